The Labute approximate surface area is 207 Å². The summed E-state index contributed by atoms with van der Waals surface area (Å²) in [6.45, 7) is 8.21. The molecule has 0 saturated heterocycles. The zero-order valence-corrected chi connectivity index (χ0v) is 20.9. The van der Waals surface area contributed by atoms with Crippen molar-refractivity contribution >= 4 is 11.9 Å². The van der Waals surface area contributed by atoms with Crippen LogP contribution in [-0.4, -0.2) is 35.7 Å². The van der Waals surface area contributed by atoms with E-state index in [9.17, 15) is 4.79 Å². The molecular weight excluding hydrogens is 438 g/mol. The van der Waals surface area contributed by atoms with Gasteiger partial charge in [-0.05, 0) is 53.0 Å². The molecule has 1 saturated carbocycles. The molecule has 2 aromatic carbocycles. The van der Waals surface area contributed by atoms with Gasteiger partial charge in [-0.3, -0.25) is 10.00 Å². The number of carbonyl (C=O) groups is 1. The molecule has 4 rings (SSSR count). The van der Waals surface area contributed by atoms with Crippen LogP contribution in [0.4, 0.5) is 10.6 Å². The lowest BCUT2D eigenvalue weighted by atomic mass is 9.95. The number of nitrogens with one attached hydrogen (secondary N) is 1. The van der Waals surface area contributed by atoms with Gasteiger partial charge < -0.3 is 9.47 Å². The van der Waals surface area contributed by atoms with Gasteiger partial charge in [0.15, 0.2) is 6.10 Å². The predicted octanol–water partition coefficient (Wildman–Crippen LogP) is 6.50. The van der Waals surface area contributed by atoms with Crippen LogP contribution in [0.3, 0.4) is 0 Å². The van der Waals surface area contributed by atoms with E-state index in [2.05, 4.69) is 60.3 Å². The molecule has 1 fully saturated rings. The van der Waals surface area contributed by atoms with Crippen LogP contribution in [0.5, 0.6) is 0 Å². The Kier molecular flexibility index (Phi) is 7.22. The third kappa shape index (κ3) is 5.38. The van der Waals surface area contributed by atoms with Gasteiger partial charge in [-0.1, -0.05) is 74.2 Å². The lowest BCUT2D eigenvalue weighted by Crippen LogP contribution is -2.28. The number of rotatable bonds is 9. The molecule has 0 spiro atoms. The van der Waals surface area contributed by atoms with Gasteiger partial charge in [0.2, 0.25) is 0 Å². The van der Waals surface area contributed by atoms with Crippen molar-refractivity contribution in [1.29, 1.82) is 0 Å². The summed E-state index contributed by atoms with van der Waals surface area (Å²) < 4.78 is 12.4. The summed E-state index contributed by atoms with van der Waals surface area (Å²) in [4.78, 5) is 12.7. The average molecular weight is 472 g/mol. The highest BCUT2D eigenvalue weighted by molar-refractivity contribution is 5.90. The van der Waals surface area contributed by atoms with Crippen molar-refractivity contribution in [3.05, 3.63) is 84.6 Å². The number of hydrogen-bond acceptors (Lipinski definition) is 4. The van der Waals surface area contributed by atoms with Crippen molar-refractivity contribution in [2.24, 2.45) is 7.05 Å². The van der Waals surface area contributed by atoms with Crippen LogP contribution >= 0.6 is 0 Å². The summed E-state index contributed by atoms with van der Waals surface area (Å²) >= 11 is 0. The number of aromatic nitrogens is 2. The van der Waals surface area contributed by atoms with Gasteiger partial charge in [0.1, 0.15) is 5.82 Å². The van der Waals surface area contributed by atoms with Crippen LogP contribution < -0.4 is 5.32 Å². The number of amides is 1. The summed E-state index contributed by atoms with van der Waals surface area (Å²) in [5, 5.41) is 7.19. The standard InChI is InChI=1S/C29H33N3O3/c1-6-20(7-2)26(19-34-5)35-28(33)31-27-25(18-30-32(27)4)23-10-8-21(9-11-23)22-12-14-24(15-13-22)29(3)16-17-29/h6-15,18,26H,1,16-17,19H2,2-5H3,(H,31,33)/b20-7+. The maximum Gasteiger partial charge on any atom is 0.413 e. The fourth-order valence-electron chi connectivity index (χ4n) is 4.22. The van der Waals surface area contributed by atoms with Crippen LogP contribution in [0.2, 0.25) is 0 Å². The van der Waals surface area contributed by atoms with Crippen LogP contribution in [0, 0.1) is 0 Å². The van der Waals surface area contributed by atoms with Crippen molar-refractivity contribution in [3.8, 4) is 22.3 Å². The lowest BCUT2D eigenvalue weighted by Gasteiger charge is -2.19. The van der Waals surface area contributed by atoms with E-state index in [0.717, 1.165) is 22.3 Å². The average Bonchev–Trinajstić information content (AvgIpc) is 3.53. The Bertz CT molecular complexity index is 1220. The smallest absolute Gasteiger partial charge is 0.413 e. The van der Waals surface area contributed by atoms with Crippen molar-refractivity contribution in [3.63, 3.8) is 0 Å². The minimum Gasteiger partial charge on any atom is -0.439 e. The van der Waals surface area contributed by atoms with Gasteiger partial charge in [-0.2, -0.15) is 5.10 Å². The summed E-state index contributed by atoms with van der Waals surface area (Å²) in [6, 6.07) is 17.1. The second kappa shape index (κ2) is 10.3. The van der Waals surface area contributed by atoms with E-state index in [1.807, 2.05) is 25.1 Å². The highest BCUT2D eigenvalue weighted by Crippen LogP contribution is 2.47. The van der Waals surface area contributed by atoms with Crippen molar-refractivity contribution in [1.82, 2.24) is 9.78 Å². The van der Waals surface area contributed by atoms with Gasteiger partial charge in [0.25, 0.3) is 0 Å². The number of ether oxygens (including phenoxy) is 2. The third-order valence-electron chi connectivity index (χ3n) is 6.78. The number of nitrogens with zero attached hydrogens (tertiary/aromatic N) is 2. The molecule has 1 heterocycles. The van der Waals surface area contributed by atoms with Crippen LogP contribution in [-0.2, 0) is 21.9 Å². The molecule has 0 radical (unpaired) electrons. The van der Waals surface area contributed by atoms with Crippen molar-refractivity contribution in [2.45, 2.75) is 38.2 Å². The fourth-order valence-corrected chi connectivity index (χ4v) is 4.22. The van der Waals surface area contributed by atoms with Gasteiger partial charge in [0, 0.05) is 19.7 Å². The second-order valence-corrected chi connectivity index (χ2v) is 9.21. The number of aryl methyl sites for hydroxylation is 1. The number of allylic oxidation sites excluding steroid dienone is 1. The summed E-state index contributed by atoms with van der Waals surface area (Å²) in [6.07, 6.45) is 6.66. The van der Waals surface area contributed by atoms with E-state index in [4.69, 9.17) is 9.47 Å². The first-order chi connectivity index (χ1) is 16.9. The first-order valence-electron chi connectivity index (χ1n) is 11.9. The van der Waals surface area contributed by atoms with Crippen LogP contribution in [0.1, 0.15) is 32.3 Å². The molecule has 1 N–H and O–H groups in total. The van der Waals surface area contributed by atoms with E-state index in [0.29, 0.717) is 11.2 Å². The van der Waals surface area contributed by atoms with E-state index in [1.54, 1.807) is 31.1 Å². The van der Waals surface area contributed by atoms with Crippen molar-refractivity contribution in [2.75, 3.05) is 19.0 Å². The minimum absolute atomic E-state index is 0.235. The molecule has 3 aromatic rings. The molecule has 0 aliphatic heterocycles. The molecule has 6 heteroatoms. The second-order valence-electron chi connectivity index (χ2n) is 9.21. The van der Waals surface area contributed by atoms with Gasteiger partial charge in [0.05, 0.1) is 12.8 Å². The van der Waals surface area contributed by atoms with E-state index in [1.165, 1.54) is 24.0 Å². The largest absolute Gasteiger partial charge is 0.439 e. The zero-order valence-electron chi connectivity index (χ0n) is 20.9. The monoisotopic (exact) mass is 471 g/mol. The normalized spacial score (nSPS) is 15.4. The predicted molar refractivity (Wildman–Crippen MR) is 140 cm³/mol. The molecule has 1 aliphatic carbocycles. The molecule has 1 atom stereocenters. The Balaban J connectivity index is 1.50. The number of methoxy groups -OCH3 is 1. The molecule has 0 bridgehead atoms. The SMILES string of the molecule is C=C/C(=C\C)C(COC)OC(=O)Nc1c(-c2ccc(-c3ccc(C4(C)CC4)cc3)cc2)cnn1C. The Morgan fingerprint density at radius 1 is 1.14 bits per heavy atom. The van der Waals surface area contributed by atoms with E-state index < -0.39 is 12.2 Å². The zero-order chi connectivity index (χ0) is 25.0. The first kappa shape index (κ1) is 24.5. The molecule has 1 amide bonds. The summed E-state index contributed by atoms with van der Waals surface area (Å²) in [5.41, 5.74) is 6.66. The lowest BCUT2D eigenvalue weighted by molar-refractivity contribution is 0.0665. The highest BCUT2D eigenvalue weighted by Gasteiger charge is 2.38. The van der Waals surface area contributed by atoms with Gasteiger partial charge >= 0.3 is 6.09 Å². The number of carbonyl (C=O) groups excluding carboxylic acids is 1. The third-order valence-corrected chi connectivity index (χ3v) is 6.78. The highest BCUT2D eigenvalue weighted by atomic mass is 16.6. The Hall–Kier alpha value is -3.64. The quantitative estimate of drug-likeness (QED) is 0.362. The van der Waals surface area contributed by atoms with E-state index in [-0.39, 0.29) is 6.61 Å². The fraction of sp³-hybridized carbons (Fsp3) is 0.310. The minimum atomic E-state index is -0.584. The Morgan fingerprint density at radius 2 is 1.74 bits per heavy atom. The number of anilines is 1. The molecule has 1 aliphatic rings. The van der Waals surface area contributed by atoms with Crippen molar-refractivity contribution < 1.29 is 14.3 Å². The maximum absolute atomic E-state index is 12.7. The van der Waals surface area contributed by atoms with Gasteiger partial charge in [-0.25, -0.2) is 4.79 Å². The number of benzene rings is 2. The maximum atomic E-state index is 12.7. The molecule has 35 heavy (non-hydrogen) atoms. The van der Waals surface area contributed by atoms with Crippen LogP contribution in [0.25, 0.3) is 22.3 Å². The topological polar surface area (TPSA) is 65.4 Å². The van der Waals surface area contributed by atoms with E-state index >= 15 is 0 Å². The summed E-state index contributed by atoms with van der Waals surface area (Å²) in [5.74, 6) is 0.557. The molecular formula is C29H33N3O3. The van der Waals surface area contributed by atoms with Gasteiger partial charge in [-0.15, -0.1) is 0 Å². The summed E-state index contributed by atoms with van der Waals surface area (Å²) in [7, 11) is 3.35. The molecule has 6 nitrogen and oxygen atoms in total. The molecule has 182 valence electrons. The Morgan fingerprint density at radius 3 is 2.29 bits per heavy atom. The molecule has 1 aromatic heterocycles. The van der Waals surface area contributed by atoms with Crippen LogP contribution in [0.15, 0.2) is 79.0 Å². The first-order valence-corrected chi connectivity index (χ1v) is 11.9. The number of hydrogen-bond donors (Lipinski definition) is 1. The molecule has 1 unspecified atom stereocenters.